The third-order valence-electron chi connectivity index (χ3n) is 4.36. The molecule has 2 aromatic carbocycles. The van der Waals surface area contributed by atoms with E-state index in [1.807, 2.05) is 0 Å². The molecule has 0 spiro atoms. The van der Waals surface area contributed by atoms with Gasteiger partial charge in [-0.25, -0.2) is 0 Å². The number of benzene rings is 2. The van der Waals surface area contributed by atoms with Crippen LogP contribution in [0.4, 0.5) is 17.1 Å². The SMILES string of the molecule is O=C1N=C(N=Nc2c(O)[nH]c3ccc(Br)cc23)SC1=Cc1cc([N+](=O)[O-])cc([N+](=O)[O-])c1O. The summed E-state index contributed by atoms with van der Waals surface area (Å²) >= 11 is 4.06. The minimum Gasteiger partial charge on any atom is -0.502 e. The van der Waals surface area contributed by atoms with Crippen LogP contribution >= 0.6 is 27.7 Å². The van der Waals surface area contributed by atoms with Crippen LogP contribution in [0.15, 0.2) is 54.9 Å². The van der Waals surface area contributed by atoms with Crippen molar-refractivity contribution in [2.24, 2.45) is 15.2 Å². The van der Waals surface area contributed by atoms with Crippen LogP contribution in [0, 0.1) is 20.2 Å². The molecule has 15 heteroatoms. The average Bonchev–Trinajstić information content (AvgIpc) is 3.25. The van der Waals surface area contributed by atoms with E-state index in [1.165, 1.54) is 0 Å². The Labute approximate surface area is 195 Å². The van der Waals surface area contributed by atoms with Crippen molar-refractivity contribution < 1.29 is 24.9 Å². The maximum Gasteiger partial charge on any atom is 0.318 e. The van der Waals surface area contributed by atoms with Gasteiger partial charge in [0.15, 0.2) is 5.69 Å². The van der Waals surface area contributed by atoms with Crippen molar-refractivity contribution in [1.82, 2.24) is 4.98 Å². The number of hydrogen-bond acceptors (Lipinski definition) is 10. The molecule has 1 aromatic heterocycles. The summed E-state index contributed by atoms with van der Waals surface area (Å²) in [7, 11) is 0. The number of aromatic hydroxyl groups is 2. The van der Waals surface area contributed by atoms with Crippen LogP contribution in [-0.4, -0.2) is 36.1 Å². The number of halogens is 1. The number of amides is 1. The van der Waals surface area contributed by atoms with Crippen LogP contribution < -0.4 is 0 Å². The molecule has 0 fully saturated rings. The minimum atomic E-state index is -0.976. The van der Waals surface area contributed by atoms with Gasteiger partial charge in [0.05, 0.1) is 26.3 Å². The zero-order valence-electron chi connectivity index (χ0n) is 15.9. The number of thioether (sulfide) groups is 1. The van der Waals surface area contributed by atoms with Crippen LogP contribution in [0.1, 0.15) is 5.56 Å². The molecular weight excluding hydrogens is 524 g/mol. The molecule has 1 amide bonds. The van der Waals surface area contributed by atoms with Gasteiger partial charge in [-0.2, -0.15) is 4.99 Å². The fourth-order valence-electron chi connectivity index (χ4n) is 2.89. The average molecular weight is 533 g/mol. The lowest BCUT2D eigenvalue weighted by Crippen LogP contribution is -1.96. The monoisotopic (exact) mass is 532 g/mol. The Kier molecular flexibility index (Phi) is 5.65. The summed E-state index contributed by atoms with van der Waals surface area (Å²) in [5.74, 6) is -1.87. The number of hydrogen-bond donors (Lipinski definition) is 3. The number of nitro benzene ring substituents is 2. The molecule has 4 rings (SSSR count). The Morgan fingerprint density at radius 2 is 1.88 bits per heavy atom. The zero-order chi connectivity index (χ0) is 23.9. The van der Waals surface area contributed by atoms with Gasteiger partial charge in [0.25, 0.3) is 11.6 Å². The second-order valence-corrected chi connectivity index (χ2v) is 8.36. The quantitative estimate of drug-likeness (QED) is 0.182. The normalized spacial score (nSPS) is 15.0. The van der Waals surface area contributed by atoms with Gasteiger partial charge >= 0.3 is 5.69 Å². The molecular formula is C18H9BrN6O7S. The smallest absolute Gasteiger partial charge is 0.318 e. The number of nitrogens with zero attached hydrogens (tertiary/aromatic N) is 5. The van der Waals surface area contributed by atoms with E-state index >= 15 is 0 Å². The molecule has 0 saturated heterocycles. The van der Waals surface area contributed by atoms with Gasteiger partial charge in [0.1, 0.15) is 0 Å². The Balaban J connectivity index is 1.65. The lowest BCUT2D eigenvalue weighted by molar-refractivity contribution is -0.394. The van der Waals surface area contributed by atoms with Crippen molar-refractivity contribution in [3.63, 3.8) is 0 Å². The van der Waals surface area contributed by atoms with E-state index < -0.39 is 32.9 Å². The summed E-state index contributed by atoms with van der Waals surface area (Å²) < 4.78 is 0.740. The third kappa shape index (κ3) is 4.31. The third-order valence-corrected chi connectivity index (χ3v) is 5.72. The Morgan fingerprint density at radius 3 is 2.58 bits per heavy atom. The highest BCUT2D eigenvalue weighted by atomic mass is 79.9. The van der Waals surface area contributed by atoms with E-state index in [0.29, 0.717) is 17.0 Å². The van der Waals surface area contributed by atoms with Crippen LogP contribution in [0.5, 0.6) is 11.6 Å². The van der Waals surface area contributed by atoms with E-state index in [9.17, 15) is 35.2 Å². The summed E-state index contributed by atoms with van der Waals surface area (Å²) in [6.45, 7) is 0. The maximum atomic E-state index is 12.2. The van der Waals surface area contributed by atoms with Crippen molar-refractivity contribution in [3.8, 4) is 11.6 Å². The van der Waals surface area contributed by atoms with Crippen LogP contribution in [0.2, 0.25) is 0 Å². The molecule has 0 bridgehead atoms. The Hall–Kier alpha value is -4.11. The predicted molar refractivity (Wildman–Crippen MR) is 122 cm³/mol. The number of fused-ring (bicyclic) bond motifs is 1. The van der Waals surface area contributed by atoms with Gasteiger partial charge in [-0.3, -0.25) is 25.0 Å². The molecule has 166 valence electrons. The minimum absolute atomic E-state index is 0.0973. The molecule has 1 aliphatic rings. The molecule has 2 heterocycles. The highest BCUT2D eigenvalue weighted by Crippen LogP contribution is 2.40. The van der Waals surface area contributed by atoms with E-state index in [2.05, 4.69) is 36.1 Å². The lowest BCUT2D eigenvalue weighted by atomic mass is 10.1. The van der Waals surface area contributed by atoms with Crippen molar-refractivity contribution in [2.45, 2.75) is 0 Å². The highest BCUT2D eigenvalue weighted by molar-refractivity contribution is 9.10. The van der Waals surface area contributed by atoms with Crippen molar-refractivity contribution in [1.29, 1.82) is 0 Å². The number of aromatic nitrogens is 1. The summed E-state index contributed by atoms with van der Waals surface area (Å²) in [5, 5.41) is 50.6. The molecule has 3 N–H and O–H groups in total. The van der Waals surface area contributed by atoms with Crippen molar-refractivity contribution in [3.05, 3.63) is 65.5 Å². The first-order chi connectivity index (χ1) is 15.6. The molecule has 0 atom stereocenters. The number of H-pyrrole nitrogens is 1. The van der Waals surface area contributed by atoms with Crippen LogP contribution in [-0.2, 0) is 4.79 Å². The number of amidine groups is 1. The maximum absolute atomic E-state index is 12.2. The van der Waals surface area contributed by atoms with Crippen LogP contribution in [0.3, 0.4) is 0 Å². The molecule has 0 saturated carbocycles. The first-order valence-electron chi connectivity index (χ1n) is 8.74. The van der Waals surface area contributed by atoms with Gasteiger partial charge in [0.2, 0.25) is 16.8 Å². The lowest BCUT2D eigenvalue weighted by Gasteiger charge is -2.02. The number of rotatable bonds is 4. The summed E-state index contributed by atoms with van der Waals surface area (Å²) in [5.41, 5.74) is -1.10. The first-order valence-corrected chi connectivity index (χ1v) is 10.4. The second kappa shape index (κ2) is 8.44. The molecule has 0 radical (unpaired) electrons. The summed E-state index contributed by atoms with van der Waals surface area (Å²) in [6, 6.07) is 6.69. The van der Waals surface area contributed by atoms with Crippen molar-refractivity contribution in [2.75, 3.05) is 0 Å². The zero-order valence-corrected chi connectivity index (χ0v) is 18.3. The Morgan fingerprint density at radius 1 is 1.12 bits per heavy atom. The second-order valence-electron chi connectivity index (χ2n) is 6.44. The number of phenols is 1. The molecule has 3 aromatic rings. The largest absolute Gasteiger partial charge is 0.502 e. The van der Waals surface area contributed by atoms with Crippen LogP contribution in [0.25, 0.3) is 17.0 Å². The number of aromatic amines is 1. The number of carbonyl (C=O) groups is 1. The van der Waals surface area contributed by atoms with Gasteiger partial charge < -0.3 is 15.2 Å². The fourth-order valence-corrected chi connectivity index (χ4v) is 3.98. The molecule has 1 aliphatic heterocycles. The van der Waals surface area contributed by atoms with E-state index in [-0.39, 0.29) is 27.2 Å². The van der Waals surface area contributed by atoms with E-state index in [0.717, 1.165) is 28.4 Å². The summed E-state index contributed by atoms with van der Waals surface area (Å²) in [6.07, 6.45) is 1.04. The summed E-state index contributed by atoms with van der Waals surface area (Å²) in [4.78, 5) is 38.9. The van der Waals surface area contributed by atoms with Gasteiger partial charge in [-0.1, -0.05) is 15.9 Å². The molecule has 0 aliphatic carbocycles. The number of nitrogens with one attached hydrogen (secondary N) is 1. The number of nitro groups is 2. The topological polar surface area (TPSA) is 197 Å². The van der Waals surface area contributed by atoms with Gasteiger partial charge in [0, 0.05) is 21.5 Å². The molecule has 13 nitrogen and oxygen atoms in total. The predicted octanol–water partition coefficient (Wildman–Crippen LogP) is 4.91. The first kappa shape index (κ1) is 22.1. The number of carbonyl (C=O) groups excluding carboxylic acids is 1. The number of phenolic OH excluding ortho intramolecular Hbond substituents is 1. The van der Waals surface area contributed by atoms with Gasteiger partial charge in [-0.05, 0) is 36.0 Å². The van der Waals surface area contributed by atoms with E-state index in [4.69, 9.17) is 0 Å². The molecule has 0 unspecified atom stereocenters. The molecule has 33 heavy (non-hydrogen) atoms. The standard InChI is InChI=1S/C18H9BrN6O7S/c19-8-1-2-11-10(5-8)14(17(28)20-11)22-23-18-21-16(27)13(33-18)4-7-3-9(24(29)30)6-12(15(7)26)25(31)32/h1-6,20,26,28H. The van der Waals surface area contributed by atoms with E-state index in [1.54, 1.807) is 18.2 Å². The number of non-ortho nitro benzene ring substituents is 1. The number of azo groups is 1. The van der Waals surface area contributed by atoms with Gasteiger partial charge in [-0.15, -0.1) is 10.2 Å². The Bertz CT molecular complexity index is 1460. The number of aliphatic imine (C=N–C) groups is 1. The highest BCUT2D eigenvalue weighted by Gasteiger charge is 2.27. The fraction of sp³-hybridized carbons (Fsp3) is 0. The van der Waals surface area contributed by atoms with Crippen molar-refractivity contribution >= 4 is 72.8 Å².